The molecule has 0 atom stereocenters. The zero-order valence-corrected chi connectivity index (χ0v) is 9.58. The number of amides is 1. The molecule has 0 saturated carbocycles. The van der Waals surface area contributed by atoms with E-state index < -0.39 is 5.95 Å². The largest absolute Gasteiger partial charge is 0.352 e. The fourth-order valence-electron chi connectivity index (χ4n) is 1.41. The van der Waals surface area contributed by atoms with Crippen LogP contribution in [-0.2, 0) is 6.54 Å². The average Bonchev–Trinajstić information content (AvgIpc) is 2.88. The highest BCUT2D eigenvalue weighted by Gasteiger charge is 2.05. The maximum absolute atomic E-state index is 12.6. The third-order valence-corrected chi connectivity index (χ3v) is 2.31. The van der Waals surface area contributed by atoms with Gasteiger partial charge in [0.2, 0.25) is 5.95 Å². The quantitative estimate of drug-likeness (QED) is 0.623. The van der Waals surface area contributed by atoms with Crippen LogP contribution in [0.5, 0.6) is 0 Å². The lowest BCUT2D eigenvalue weighted by molar-refractivity contribution is 0.0952. The predicted octanol–water partition coefficient (Wildman–Crippen LogP) is 0.632. The van der Waals surface area contributed by atoms with Gasteiger partial charge in [-0.05, 0) is 18.6 Å². The number of aryl methyl sites for hydroxylation is 1. The van der Waals surface area contributed by atoms with E-state index in [4.69, 9.17) is 0 Å². The molecule has 0 fully saturated rings. The number of aromatic nitrogens is 4. The first-order chi connectivity index (χ1) is 8.75. The lowest BCUT2D eigenvalue weighted by atomic mass is 10.2. The van der Waals surface area contributed by atoms with Gasteiger partial charge in [-0.25, -0.2) is 4.98 Å². The summed E-state index contributed by atoms with van der Waals surface area (Å²) >= 11 is 0. The highest BCUT2D eigenvalue weighted by molar-refractivity contribution is 5.93. The number of carbonyl (C=O) groups excluding carboxylic acids is 1. The maximum atomic E-state index is 12.6. The fraction of sp³-hybridized carbons (Fsp3) is 0.273. The average molecular weight is 249 g/mol. The third-order valence-electron chi connectivity index (χ3n) is 2.31. The number of rotatable bonds is 5. The molecule has 2 aromatic rings. The second-order valence-electron chi connectivity index (χ2n) is 3.65. The number of carbonyl (C=O) groups is 1. The summed E-state index contributed by atoms with van der Waals surface area (Å²) in [5.41, 5.74) is 0.345. The molecule has 0 radical (unpaired) electrons. The van der Waals surface area contributed by atoms with Crippen molar-refractivity contribution in [3.8, 4) is 0 Å². The van der Waals surface area contributed by atoms with Crippen LogP contribution in [0.4, 0.5) is 4.39 Å². The van der Waals surface area contributed by atoms with E-state index in [2.05, 4.69) is 20.6 Å². The van der Waals surface area contributed by atoms with Gasteiger partial charge in [0.25, 0.3) is 5.91 Å². The van der Waals surface area contributed by atoms with E-state index in [9.17, 15) is 9.18 Å². The van der Waals surface area contributed by atoms with Gasteiger partial charge in [0.15, 0.2) is 0 Å². The van der Waals surface area contributed by atoms with E-state index >= 15 is 0 Å². The number of pyridine rings is 1. The van der Waals surface area contributed by atoms with Gasteiger partial charge < -0.3 is 5.32 Å². The lowest BCUT2D eigenvalue weighted by Gasteiger charge is -2.04. The van der Waals surface area contributed by atoms with Crippen molar-refractivity contribution in [2.24, 2.45) is 0 Å². The Hall–Kier alpha value is -2.31. The minimum atomic E-state index is -0.599. The summed E-state index contributed by atoms with van der Waals surface area (Å²) in [7, 11) is 0. The van der Waals surface area contributed by atoms with Gasteiger partial charge in [-0.2, -0.15) is 4.39 Å². The monoisotopic (exact) mass is 249 g/mol. The van der Waals surface area contributed by atoms with Crippen molar-refractivity contribution in [2.75, 3.05) is 6.54 Å². The first kappa shape index (κ1) is 12.2. The van der Waals surface area contributed by atoms with Gasteiger partial charge in [-0.15, -0.1) is 5.10 Å². The number of hydrogen-bond acceptors (Lipinski definition) is 4. The molecule has 0 unspecified atom stereocenters. The van der Waals surface area contributed by atoms with Gasteiger partial charge >= 0.3 is 0 Å². The highest BCUT2D eigenvalue weighted by atomic mass is 19.1. The van der Waals surface area contributed by atoms with E-state index in [0.29, 0.717) is 18.7 Å². The van der Waals surface area contributed by atoms with Crippen LogP contribution in [0, 0.1) is 5.95 Å². The van der Waals surface area contributed by atoms with Crippen LogP contribution in [-0.4, -0.2) is 32.4 Å². The minimum absolute atomic E-state index is 0.263. The maximum Gasteiger partial charge on any atom is 0.252 e. The Morgan fingerprint density at radius 2 is 2.33 bits per heavy atom. The number of halogens is 1. The SMILES string of the molecule is O=C(NCCCn1ccnn1)c1ccc(F)nc1. The van der Waals surface area contributed by atoms with Gasteiger partial charge in [-0.1, -0.05) is 5.21 Å². The van der Waals surface area contributed by atoms with Crippen molar-refractivity contribution in [2.45, 2.75) is 13.0 Å². The van der Waals surface area contributed by atoms with Crippen LogP contribution in [0.25, 0.3) is 0 Å². The van der Waals surface area contributed by atoms with E-state index in [1.807, 2.05) is 0 Å². The summed E-state index contributed by atoms with van der Waals surface area (Å²) in [4.78, 5) is 15.0. The molecular weight excluding hydrogens is 237 g/mol. The van der Waals surface area contributed by atoms with Crippen molar-refractivity contribution in [1.29, 1.82) is 0 Å². The van der Waals surface area contributed by atoms with E-state index in [1.54, 1.807) is 17.1 Å². The Balaban J connectivity index is 1.73. The van der Waals surface area contributed by atoms with Crippen LogP contribution in [0.2, 0.25) is 0 Å². The van der Waals surface area contributed by atoms with E-state index in [1.165, 1.54) is 12.3 Å². The van der Waals surface area contributed by atoms with E-state index in [0.717, 1.165) is 12.5 Å². The van der Waals surface area contributed by atoms with Crippen LogP contribution >= 0.6 is 0 Å². The van der Waals surface area contributed by atoms with Crippen molar-refractivity contribution >= 4 is 5.91 Å². The Labute approximate surface area is 103 Å². The summed E-state index contributed by atoms with van der Waals surface area (Å²) in [6.07, 6.45) is 5.31. The molecule has 0 aliphatic heterocycles. The third kappa shape index (κ3) is 3.34. The number of nitrogens with one attached hydrogen (secondary N) is 1. The van der Waals surface area contributed by atoms with E-state index in [-0.39, 0.29) is 5.91 Å². The number of hydrogen-bond donors (Lipinski definition) is 1. The normalized spacial score (nSPS) is 10.3. The molecule has 18 heavy (non-hydrogen) atoms. The molecule has 0 aromatic carbocycles. The first-order valence-electron chi connectivity index (χ1n) is 5.49. The molecule has 6 nitrogen and oxygen atoms in total. The van der Waals surface area contributed by atoms with Crippen LogP contribution in [0.3, 0.4) is 0 Å². The molecule has 1 amide bonds. The predicted molar refractivity (Wildman–Crippen MR) is 61.2 cm³/mol. The smallest absolute Gasteiger partial charge is 0.252 e. The van der Waals surface area contributed by atoms with Crippen LogP contribution in [0.1, 0.15) is 16.8 Å². The van der Waals surface area contributed by atoms with Crippen molar-refractivity contribution < 1.29 is 9.18 Å². The molecule has 0 aliphatic rings. The molecule has 94 valence electrons. The first-order valence-corrected chi connectivity index (χ1v) is 5.49. The molecule has 2 heterocycles. The molecular formula is C11H12FN5O. The zero-order valence-electron chi connectivity index (χ0n) is 9.58. The molecule has 2 aromatic heterocycles. The summed E-state index contributed by atoms with van der Waals surface area (Å²) in [6.45, 7) is 1.19. The van der Waals surface area contributed by atoms with Gasteiger partial charge in [0.05, 0.1) is 11.8 Å². The Morgan fingerprint density at radius 3 is 3.00 bits per heavy atom. The molecule has 2 rings (SSSR count). The van der Waals surface area contributed by atoms with Gasteiger partial charge in [0.1, 0.15) is 0 Å². The highest BCUT2D eigenvalue weighted by Crippen LogP contribution is 1.98. The molecule has 0 saturated heterocycles. The van der Waals surface area contributed by atoms with Gasteiger partial charge in [0, 0.05) is 25.5 Å². The number of nitrogens with zero attached hydrogens (tertiary/aromatic N) is 4. The molecule has 1 N–H and O–H groups in total. The fourth-order valence-corrected chi connectivity index (χ4v) is 1.41. The summed E-state index contributed by atoms with van der Waals surface area (Å²) < 4.78 is 14.2. The second-order valence-corrected chi connectivity index (χ2v) is 3.65. The van der Waals surface area contributed by atoms with Crippen molar-refractivity contribution in [3.63, 3.8) is 0 Å². The Morgan fingerprint density at radius 1 is 1.44 bits per heavy atom. The minimum Gasteiger partial charge on any atom is -0.352 e. The van der Waals surface area contributed by atoms with Crippen LogP contribution in [0.15, 0.2) is 30.7 Å². The Bertz CT molecular complexity index is 497. The summed E-state index contributed by atoms with van der Waals surface area (Å²) in [5.74, 6) is -0.862. The Kier molecular flexibility index (Phi) is 3.95. The molecule has 0 aliphatic carbocycles. The topological polar surface area (TPSA) is 72.7 Å². The zero-order chi connectivity index (χ0) is 12.8. The molecule has 0 spiro atoms. The van der Waals surface area contributed by atoms with Gasteiger partial charge in [-0.3, -0.25) is 9.48 Å². The second kappa shape index (κ2) is 5.85. The summed E-state index contributed by atoms with van der Waals surface area (Å²) in [6, 6.07) is 2.55. The molecule has 7 heteroatoms. The standard InChI is InChI=1S/C11H12FN5O/c12-10-3-2-9(8-14-10)11(18)13-4-1-6-17-7-5-15-16-17/h2-3,5,7-8H,1,4,6H2,(H,13,18). The van der Waals surface area contributed by atoms with Crippen LogP contribution < -0.4 is 5.32 Å². The van der Waals surface area contributed by atoms with Crippen molar-refractivity contribution in [1.82, 2.24) is 25.3 Å². The van der Waals surface area contributed by atoms with Crippen molar-refractivity contribution in [3.05, 3.63) is 42.2 Å². The molecule has 0 bridgehead atoms. The summed E-state index contributed by atoms with van der Waals surface area (Å²) in [5, 5.41) is 10.2. The lowest BCUT2D eigenvalue weighted by Crippen LogP contribution is -2.25.